The standard InChI is InChI=1S/C10H16O/c1-2-3-4-5-6-7-8-9-10-11/h2,6-7,10H,1,3-5,8-9H2/b7-6+. The predicted molar refractivity (Wildman–Crippen MR) is 48.5 cm³/mol. The summed E-state index contributed by atoms with van der Waals surface area (Å²) >= 11 is 0. The predicted octanol–water partition coefficient (Wildman–Crippen LogP) is 2.88. The quantitative estimate of drug-likeness (QED) is 0.311. The highest BCUT2D eigenvalue weighted by Gasteiger charge is 1.79. The zero-order valence-electron chi connectivity index (χ0n) is 6.96. The second-order valence-electron chi connectivity index (χ2n) is 2.44. The zero-order valence-corrected chi connectivity index (χ0v) is 6.96. The number of hydrogen-bond acceptors (Lipinski definition) is 1. The van der Waals surface area contributed by atoms with Gasteiger partial charge in [0.15, 0.2) is 0 Å². The molecule has 0 aromatic carbocycles. The number of hydrogen-bond donors (Lipinski definition) is 0. The van der Waals surface area contributed by atoms with Crippen molar-refractivity contribution in [3.63, 3.8) is 0 Å². The topological polar surface area (TPSA) is 17.1 Å². The average molecular weight is 152 g/mol. The zero-order chi connectivity index (χ0) is 8.36. The van der Waals surface area contributed by atoms with Gasteiger partial charge in [-0.3, -0.25) is 0 Å². The molecular formula is C10H16O. The minimum Gasteiger partial charge on any atom is -0.303 e. The molecule has 0 atom stereocenters. The van der Waals surface area contributed by atoms with Crippen LogP contribution in [-0.2, 0) is 4.79 Å². The van der Waals surface area contributed by atoms with Crippen LogP contribution in [0.15, 0.2) is 24.8 Å². The molecule has 1 heteroatoms. The minimum absolute atomic E-state index is 0.651. The van der Waals surface area contributed by atoms with Gasteiger partial charge in [-0.2, -0.15) is 0 Å². The van der Waals surface area contributed by atoms with Crippen molar-refractivity contribution >= 4 is 6.29 Å². The van der Waals surface area contributed by atoms with Crippen LogP contribution < -0.4 is 0 Å². The molecule has 0 aromatic rings. The summed E-state index contributed by atoms with van der Waals surface area (Å²) in [6.45, 7) is 3.64. The lowest BCUT2D eigenvalue weighted by atomic mass is 10.2. The third-order valence-electron chi connectivity index (χ3n) is 1.40. The van der Waals surface area contributed by atoms with Crippen molar-refractivity contribution < 1.29 is 4.79 Å². The monoisotopic (exact) mass is 152 g/mol. The summed E-state index contributed by atoms with van der Waals surface area (Å²) in [6.07, 6.45) is 12.0. The first-order chi connectivity index (χ1) is 5.41. The number of allylic oxidation sites excluding steroid dienone is 3. The van der Waals surface area contributed by atoms with E-state index in [1.54, 1.807) is 0 Å². The maximum Gasteiger partial charge on any atom is 0.120 e. The molecule has 11 heavy (non-hydrogen) atoms. The first-order valence-electron chi connectivity index (χ1n) is 4.11. The second kappa shape index (κ2) is 9.15. The molecule has 0 aliphatic rings. The maximum absolute atomic E-state index is 9.89. The Morgan fingerprint density at radius 1 is 1.00 bits per heavy atom. The number of carbonyl (C=O) groups is 1. The third-order valence-corrected chi connectivity index (χ3v) is 1.40. The van der Waals surface area contributed by atoms with Crippen LogP contribution in [-0.4, -0.2) is 6.29 Å². The summed E-state index contributed by atoms with van der Waals surface area (Å²) in [5, 5.41) is 0. The van der Waals surface area contributed by atoms with E-state index in [1.165, 1.54) is 6.42 Å². The fraction of sp³-hybridized carbons (Fsp3) is 0.500. The molecule has 0 aromatic heterocycles. The van der Waals surface area contributed by atoms with Gasteiger partial charge in [-0.1, -0.05) is 18.2 Å². The first-order valence-corrected chi connectivity index (χ1v) is 4.11. The SMILES string of the molecule is C=CCCC/C=C/CCC=O. The van der Waals surface area contributed by atoms with Crippen LogP contribution in [0.2, 0.25) is 0 Å². The first kappa shape index (κ1) is 10.2. The van der Waals surface area contributed by atoms with E-state index in [0.717, 1.165) is 25.5 Å². The van der Waals surface area contributed by atoms with Gasteiger partial charge in [-0.25, -0.2) is 0 Å². The molecular weight excluding hydrogens is 136 g/mol. The van der Waals surface area contributed by atoms with Crippen LogP contribution in [0, 0.1) is 0 Å². The van der Waals surface area contributed by atoms with Gasteiger partial charge in [0.25, 0.3) is 0 Å². The Morgan fingerprint density at radius 2 is 1.73 bits per heavy atom. The molecule has 0 radical (unpaired) electrons. The van der Waals surface area contributed by atoms with E-state index in [9.17, 15) is 4.79 Å². The summed E-state index contributed by atoms with van der Waals surface area (Å²) in [7, 11) is 0. The highest BCUT2D eigenvalue weighted by molar-refractivity contribution is 5.49. The summed E-state index contributed by atoms with van der Waals surface area (Å²) in [4.78, 5) is 9.89. The van der Waals surface area contributed by atoms with Gasteiger partial charge >= 0.3 is 0 Å². The van der Waals surface area contributed by atoms with E-state index in [1.807, 2.05) is 6.08 Å². The summed E-state index contributed by atoms with van der Waals surface area (Å²) < 4.78 is 0. The smallest absolute Gasteiger partial charge is 0.120 e. The van der Waals surface area contributed by atoms with Crippen LogP contribution >= 0.6 is 0 Å². The van der Waals surface area contributed by atoms with Gasteiger partial charge in [0, 0.05) is 6.42 Å². The van der Waals surface area contributed by atoms with E-state index >= 15 is 0 Å². The highest BCUT2D eigenvalue weighted by atomic mass is 16.1. The van der Waals surface area contributed by atoms with Crippen molar-refractivity contribution in [3.05, 3.63) is 24.8 Å². The van der Waals surface area contributed by atoms with Crippen molar-refractivity contribution in [1.82, 2.24) is 0 Å². The normalized spacial score (nSPS) is 10.2. The summed E-state index contributed by atoms with van der Waals surface area (Å²) in [6, 6.07) is 0. The van der Waals surface area contributed by atoms with Crippen LogP contribution in [0.3, 0.4) is 0 Å². The van der Waals surface area contributed by atoms with Gasteiger partial charge in [-0.05, 0) is 25.7 Å². The Hall–Kier alpha value is -0.850. The molecule has 1 nitrogen and oxygen atoms in total. The second-order valence-corrected chi connectivity index (χ2v) is 2.44. The van der Waals surface area contributed by atoms with Crippen molar-refractivity contribution in [2.75, 3.05) is 0 Å². The fourth-order valence-electron chi connectivity index (χ4n) is 0.780. The Kier molecular flexibility index (Phi) is 8.44. The lowest BCUT2D eigenvalue weighted by molar-refractivity contribution is -0.107. The van der Waals surface area contributed by atoms with Crippen molar-refractivity contribution in [3.8, 4) is 0 Å². The fourth-order valence-corrected chi connectivity index (χ4v) is 0.780. The molecule has 0 aliphatic heterocycles. The third kappa shape index (κ3) is 9.15. The van der Waals surface area contributed by atoms with Gasteiger partial charge < -0.3 is 4.79 Å². The molecule has 0 amide bonds. The molecule has 0 saturated carbocycles. The minimum atomic E-state index is 0.651. The molecule has 0 rings (SSSR count). The number of carbonyl (C=O) groups excluding carboxylic acids is 1. The maximum atomic E-state index is 9.89. The number of rotatable bonds is 7. The Morgan fingerprint density at radius 3 is 2.36 bits per heavy atom. The molecule has 0 bridgehead atoms. The van der Waals surface area contributed by atoms with Crippen molar-refractivity contribution in [2.45, 2.75) is 32.1 Å². The number of aldehydes is 1. The Balaban J connectivity index is 3.02. The van der Waals surface area contributed by atoms with E-state index in [-0.39, 0.29) is 0 Å². The molecule has 0 unspecified atom stereocenters. The molecule has 0 fully saturated rings. The van der Waals surface area contributed by atoms with Crippen LogP contribution in [0.25, 0.3) is 0 Å². The van der Waals surface area contributed by atoms with Crippen LogP contribution in [0.1, 0.15) is 32.1 Å². The van der Waals surface area contributed by atoms with Crippen molar-refractivity contribution in [2.24, 2.45) is 0 Å². The molecule has 62 valence electrons. The largest absolute Gasteiger partial charge is 0.303 e. The molecule has 0 spiro atoms. The summed E-state index contributed by atoms with van der Waals surface area (Å²) in [5.74, 6) is 0. The van der Waals surface area contributed by atoms with Gasteiger partial charge in [0.2, 0.25) is 0 Å². The Bertz CT molecular complexity index is 125. The Labute approximate surface area is 68.8 Å². The lowest BCUT2D eigenvalue weighted by Crippen LogP contribution is -1.71. The van der Waals surface area contributed by atoms with E-state index in [0.29, 0.717) is 6.42 Å². The molecule has 0 aliphatic carbocycles. The molecule has 0 heterocycles. The average Bonchev–Trinajstić information content (AvgIpc) is 2.03. The van der Waals surface area contributed by atoms with Gasteiger partial charge in [0.1, 0.15) is 6.29 Å². The van der Waals surface area contributed by atoms with Crippen LogP contribution in [0.5, 0.6) is 0 Å². The number of unbranched alkanes of at least 4 members (excludes halogenated alkanes) is 3. The van der Waals surface area contributed by atoms with Gasteiger partial charge in [0.05, 0.1) is 0 Å². The molecule has 0 N–H and O–H groups in total. The van der Waals surface area contributed by atoms with Crippen LogP contribution in [0.4, 0.5) is 0 Å². The van der Waals surface area contributed by atoms with E-state index in [2.05, 4.69) is 18.7 Å². The van der Waals surface area contributed by atoms with E-state index in [4.69, 9.17) is 0 Å². The van der Waals surface area contributed by atoms with E-state index < -0.39 is 0 Å². The molecule has 0 saturated heterocycles. The van der Waals surface area contributed by atoms with Crippen molar-refractivity contribution in [1.29, 1.82) is 0 Å². The lowest BCUT2D eigenvalue weighted by Gasteiger charge is -1.88. The summed E-state index contributed by atoms with van der Waals surface area (Å²) in [5.41, 5.74) is 0. The van der Waals surface area contributed by atoms with Gasteiger partial charge in [-0.15, -0.1) is 6.58 Å². The highest BCUT2D eigenvalue weighted by Crippen LogP contribution is 1.98.